The summed E-state index contributed by atoms with van der Waals surface area (Å²) >= 11 is 0. The molecule has 0 bridgehead atoms. The van der Waals surface area contributed by atoms with Crippen LogP contribution in [0.15, 0.2) is 12.3 Å². The van der Waals surface area contributed by atoms with Crippen molar-refractivity contribution >= 4 is 36.7 Å². The summed E-state index contributed by atoms with van der Waals surface area (Å²) in [4.78, 5) is 14.3. The molecule has 1 fully saturated rings. The Morgan fingerprint density at radius 2 is 1.97 bits per heavy atom. The topological polar surface area (TPSA) is 94.6 Å². The van der Waals surface area contributed by atoms with Gasteiger partial charge in [-0.05, 0) is 45.3 Å². The van der Waals surface area contributed by atoms with E-state index in [1.54, 1.807) is 10.9 Å². The van der Waals surface area contributed by atoms with Gasteiger partial charge in [0, 0.05) is 24.5 Å². The Morgan fingerprint density at radius 1 is 1.29 bits per heavy atom. The third-order valence-electron chi connectivity index (χ3n) is 6.67. The molecule has 2 aromatic rings. The second kappa shape index (κ2) is 9.37. The van der Waals surface area contributed by atoms with Gasteiger partial charge in [0.1, 0.15) is 11.1 Å². The molecule has 1 aliphatic heterocycles. The summed E-state index contributed by atoms with van der Waals surface area (Å²) in [6.45, 7) is 18.6. The summed E-state index contributed by atoms with van der Waals surface area (Å²) in [6.07, 6.45) is 1.98. The van der Waals surface area contributed by atoms with Crippen molar-refractivity contribution in [2.75, 3.05) is 30.3 Å². The number of benzene rings is 1. The van der Waals surface area contributed by atoms with Crippen LogP contribution >= 0.6 is 0 Å². The molecule has 1 saturated heterocycles. The molecular formula is C24H40FN5O3Si. The highest BCUT2D eigenvalue weighted by atomic mass is 28.4. The Kier molecular flexibility index (Phi) is 7.24. The van der Waals surface area contributed by atoms with Crippen LogP contribution in [0.1, 0.15) is 48.0 Å². The monoisotopic (exact) mass is 493 g/mol. The van der Waals surface area contributed by atoms with Gasteiger partial charge in [0.2, 0.25) is 0 Å². The molecule has 34 heavy (non-hydrogen) atoms. The number of hydrogen-bond acceptors (Lipinski definition) is 6. The third-order valence-corrected chi connectivity index (χ3v) is 11.2. The molecule has 3 rings (SSSR count). The van der Waals surface area contributed by atoms with E-state index in [1.807, 2.05) is 20.8 Å². The highest BCUT2D eigenvalue weighted by Gasteiger charge is 2.37. The van der Waals surface area contributed by atoms with Crippen molar-refractivity contribution in [2.45, 2.75) is 84.3 Å². The first-order chi connectivity index (χ1) is 15.6. The van der Waals surface area contributed by atoms with Crippen LogP contribution in [0.2, 0.25) is 18.1 Å². The summed E-state index contributed by atoms with van der Waals surface area (Å²) in [7, 11) is -1.90. The van der Waals surface area contributed by atoms with E-state index >= 15 is 0 Å². The molecule has 1 aliphatic rings. The molecular weight excluding hydrogens is 453 g/mol. The Hall–Kier alpha value is -2.33. The van der Waals surface area contributed by atoms with E-state index in [4.69, 9.17) is 14.9 Å². The highest BCUT2D eigenvalue weighted by molar-refractivity contribution is 6.74. The van der Waals surface area contributed by atoms with Crippen molar-refractivity contribution in [1.82, 2.24) is 15.1 Å². The third kappa shape index (κ3) is 5.83. The summed E-state index contributed by atoms with van der Waals surface area (Å²) in [5.41, 5.74) is 7.24. The quantitative estimate of drug-likeness (QED) is 0.440. The van der Waals surface area contributed by atoms with Gasteiger partial charge in [-0.15, -0.1) is 0 Å². The van der Waals surface area contributed by atoms with Crippen molar-refractivity contribution in [3.8, 4) is 0 Å². The number of anilines is 2. The number of nitrogens with two attached hydrogens (primary N) is 1. The molecule has 0 saturated carbocycles. The molecule has 190 valence electrons. The van der Waals surface area contributed by atoms with Crippen LogP contribution in [-0.4, -0.2) is 55.5 Å². The first-order valence-electron chi connectivity index (χ1n) is 11.9. The minimum Gasteiger partial charge on any atom is -0.444 e. The fraction of sp³-hybridized carbons (Fsp3) is 0.667. The first-order valence-corrected chi connectivity index (χ1v) is 14.8. The zero-order valence-electron chi connectivity index (χ0n) is 21.8. The van der Waals surface area contributed by atoms with Crippen molar-refractivity contribution in [3.63, 3.8) is 0 Å². The molecule has 0 aliphatic carbocycles. The molecule has 1 amide bonds. The second-order valence-electron chi connectivity index (χ2n) is 11.6. The number of aromatic nitrogens is 2. The Labute approximate surface area is 203 Å². The van der Waals surface area contributed by atoms with E-state index in [2.05, 4.69) is 49.2 Å². The van der Waals surface area contributed by atoms with E-state index in [0.717, 1.165) is 12.1 Å². The standard InChI is InChI=1S/C24H40FN5O3Si/c1-23(2,3)33-22(31)28-16-9-10-29(15-16)21-17-14-27-30(20(17)18(25)13-19(21)26)11-12-32-34(7,8)24(4,5)6/h13-14,16H,9-12,15,26H2,1-8H3,(H,28,31). The highest BCUT2D eigenvalue weighted by Crippen LogP contribution is 2.38. The van der Waals surface area contributed by atoms with Crippen molar-refractivity contribution in [3.05, 3.63) is 18.1 Å². The van der Waals surface area contributed by atoms with Crippen LogP contribution in [-0.2, 0) is 15.7 Å². The lowest BCUT2D eigenvalue weighted by Crippen LogP contribution is -2.41. The predicted octanol–water partition coefficient (Wildman–Crippen LogP) is 4.88. The predicted molar refractivity (Wildman–Crippen MR) is 137 cm³/mol. The number of hydrogen-bond donors (Lipinski definition) is 2. The number of rotatable bonds is 6. The minimum absolute atomic E-state index is 0.0811. The van der Waals surface area contributed by atoms with E-state index in [-0.39, 0.29) is 11.1 Å². The fourth-order valence-corrected chi connectivity index (χ4v) is 4.96. The second-order valence-corrected chi connectivity index (χ2v) is 16.4. The smallest absolute Gasteiger partial charge is 0.407 e. The lowest BCUT2D eigenvalue weighted by atomic mass is 10.1. The maximum Gasteiger partial charge on any atom is 0.407 e. The Bertz CT molecular complexity index is 1040. The van der Waals surface area contributed by atoms with Crippen molar-refractivity contribution < 1.29 is 18.3 Å². The molecule has 10 heteroatoms. The first kappa shape index (κ1) is 26.3. The average molecular weight is 494 g/mol. The maximum absolute atomic E-state index is 15.0. The number of halogens is 1. The average Bonchev–Trinajstić information content (AvgIpc) is 3.27. The number of carbonyl (C=O) groups is 1. The number of nitrogen functional groups attached to an aromatic ring is 1. The molecule has 1 unspecified atom stereocenters. The summed E-state index contributed by atoms with van der Waals surface area (Å²) in [5.74, 6) is -0.399. The molecule has 1 aromatic heterocycles. The lowest BCUT2D eigenvalue weighted by molar-refractivity contribution is 0.0509. The molecule has 0 radical (unpaired) electrons. The Morgan fingerprint density at radius 3 is 2.59 bits per heavy atom. The van der Waals surface area contributed by atoms with Crippen molar-refractivity contribution in [1.29, 1.82) is 0 Å². The van der Waals surface area contributed by atoms with Crippen molar-refractivity contribution in [2.24, 2.45) is 0 Å². The summed E-state index contributed by atoms with van der Waals surface area (Å²) in [5, 5.41) is 8.15. The number of ether oxygens (including phenoxy) is 1. The van der Waals surface area contributed by atoms with Crippen LogP contribution in [0.3, 0.4) is 0 Å². The van der Waals surface area contributed by atoms with Gasteiger partial charge < -0.3 is 25.1 Å². The van der Waals surface area contributed by atoms with E-state index in [9.17, 15) is 9.18 Å². The SMILES string of the molecule is CC(C)(C)OC(=O)NC1CCN(c2c(N)cc(F)c3c2cnn3CCO[Si](C)(C)C(C)(C)C)C1. The lowest BCUT2D eigenvalue weighted by Gasteiger charge is -2.36. The molecule has 3 N–H and O–H groups in total. The summed E-state index contributed by atoms with van der Waals surface area (Å²) < 4.78 is 28.3. The normalized spacial score (nSPS) is 17.4. The van der Waals surface area contributed by atoms with Gasteiger partial charge in [0.25, 0.3) is 0 Å². The minimum atomic E-state index is -1.90. The van der Waals surface area contributed by atoms with Gasteiger partial charge in [-0.2, -0.15) is 5.10 Å². The van der Waals surface area contributed by atoms with Gasteiger partial charge in [-0.1, -0.05) is 20.8 Å². The number of carbonyl (C=O) groups excluding carboxylic acids is 1. The van der Waals surface area contributed by atoms with Crippen LogP contribution in [0.4, 0.5) is 20.6 Å². The molecule has 8 nitrogen and oxygen atoms in total. The molecule has 1 aromatic carbocycles. The van der Waals surface area contributed by atoms with Gasteiger partial charge in [0.05, 0.1) is 36.8 Å². The Balaban J connectivity index is 1.76. The van der Waals surface area contributed by atoms with Crippen LogP contribution in [0.5, 0.6) is 0 Å². The van der Waals surface area contributed by atoms with E-state index in [0.29, 0.717) is 42.8 Å². The number of alkyl carbamates (subject to hydrolysis) is 1. The number of fused-ring (bicyclic) bond motifs is 1. The number of nitrogens with zero attached hydrogens (tertiary/aromatic N) is 3. The maximum atomic E-state index is 15.0. The van der Waals surface area contributed by atoms with Gasteiger partial charge in [0.15, 0.2) is 14.1 Å². The molecule has 2 heterocycles. The van der Waals surface area contributed by atoms with Gasteiger partial charge in [-0.25, -0.2) is 9.18 Å². The number of nitrogens with one attached hydrogen (secondary N) is 1. The van der Waals surface area contributed by atoms with Gasteiger partial charge in [-0.3, -0.25) is 4.68 Å². The summed E-state index contributed by atoms with van der Waals surface area (Å²) in [6, 6.07) is 1.28. The van der Waals surface area contributed by atoms with Crippen LogP contribution < -0.4 is 16.0 Å². The zero-order chi connectivity index (χ0) is 25.5. The zero-order valence-corrected chi connectivity index (χ0v) is 22.8. The van der Waals surface area contributed by atoms with E-state index < -0.39 is 25.8 Å². The molecule has 0 spiro atoms. The van der Waals surface area contributed by atoms with E-state index in [1.165, 1.54) is 6.07 Å². The number of amides is 1. The van der Waals surface area contributed by atoms with Crippen LogP contribution in [0, 0.1) is 5.82 Å². The van der Waals surface area contributed by atoms with Crippen LogP contribution in [0.25, 0.3) is 10.9 Å². The largest absolute Gasteiger partial charge is 0.444 e. The van der Waals surface area contributed by atoms with Gasteiger partial charge >= 0.3 is 6.09 Å². The fourth-order valence-electron chi connectivity index (χ4n) is 3.92. The molecule has 1 atom stereocenters.